The van der Waals surface area contributed by atoms with Gasteiger partial charge in [-0.3, -0.25) is 19.2 Å². The van der Waals surface area contributed by atoms with Gasteiger partial charge in [-0.15, -0.1) is 0 Å². The van der Waals surface area contributed by atoms with Crippen molar-refractivity contribution in [2.24, 2.45) is 11.8 Å². The topological polar surface area (TPSA) is 86.7 Å². The Bertz CT molecular complexity index is 322. The molecule has 0 fully saturated rings. The van der Waals surface area contributed by atoms with Crippen molar-refractivity contribution in [3.05, 3.63) is 0 Å². The molecule has 0 aromatic carbocycles. The quantitative estimate of drug-likeness (QED) is 0.539. The number of carbonyl (C=O) groups excluding carboxylic acids is 4. The lowest BCUT2D eigenvalue weighted by molar-refractivity contribution is -0.162. The number of esters is 4. The Hall–Kier alpha value is -1.72. The summed E-state index contributed by atoms with van der Waals surface area (Å²) in [5.41, 5.74) is 0. The minimum atomic E-state index is -0.679. The molecule has 6 nitrogen and oxygen atoms in total. The van der Waals surface area contributed by atoms with Crippen LogP contribution in [0.2, 0.25) is 0 Å². The van der Waals surface area contributed by atoms with Gasteiger partial charge in [0.25, 0.3) is 0 Å². The van der Waals surface area contributed by atoms with Crippen molar-refractivity contribution in [3.8, 4) is 0 Å². The summed E-state index contributed by atoms with van der Waals surface area (Å²) in [6.07, 6.45) is 0.0429. The Morgan fingerprint density at radius 2 is 1.05 bits per heavy atom. The molecule has 0 radical (unpaired) electrons. The zero-order valence-electron chi connectivity index (χ0n) is 11.7. The van der Waals surface area contributed by atoms with Gasteiger partial charge in [-0.25, -0.2) is 0 Å². The monoisotopic (exact) mass is 272 g/mol. The highest BCUT2D eigenvalue weighted by Crippen LogP contribution is 2.04. The van der Waals surface area contributed by atoms with E-state index in [0.717, 1.165) is 0 Å². The molecule has 0 atom stereocenters. The highest BCUT2D eigenvalue weighted by atomic mass is 16.6. The van der Waals surface area contributed by atoms with Crippen LogP contribution >= 0.6 is 0 Å². The second-order valence-corrected chi connectivity index (χ2v) is 4.75. The summed E-state index contributed by atoms with van der Waals surface area (Å²) in [7, 11) is 0. The summed E-state index contributed by atoms with van der Waals surface area (Å²) >= 11 is 0. The van der Waals surface area contributed by atoms with Gasteiger partial charge in [0.1, 0.15) is 0 Å². The largest absolute Gasteiger partial charge is 0.393 e. The summed E-state index contributed by atoms with van der Waals surface area (Å²) in [4.78, 5) is 44.6. The lowest BCUT2D eigenvalue weighted by Gasteiger charge is -2.06. The lowest BCUT2D eigenvalue weighted by atomic mass is 10.2. The molecule has 0 saturated carbocycles. The third-order valence-corrected chi connectivity index (χ3v) is 2.13. The van der Waals surface area contributed by atoms with Gasteiger partial charge in [0.2, 0.25) is 0 Å². The molecule has 19 heavy (non-hydrogen) atoms. The van der Waals surface area contributed by atoms with Crippen LogP contribution in [0.3, 0.4) is 0 Å². The van der Waals surface area contributed by atoms with E-state index in [4.69, 9.17) is 0 Å². The highest BCUT2D eigenvalue weighted by Gasteiger charge is 2.16. The first-order chi connectivity index (χ1) is 8.73. The molecule has 0 unspecified atom stereocenters. The van der Waals surface area contributed by atoms with Crippen molar-refractivity contribution in [2.45, 2.75) is 47.0 Å². The maximum atomic E-state index is 11.2. The zero-order chi connectivity index (χ0) is 15.0. The average Bonchev–Trinajstić information content (AvgIpc) is 2.28. The van der Waals surface area contributed by atoms with E-state index in [1.807, 2.05) is 0 Å². The molecule has 108 valence electrons. The Kier molecular flexibility index (Phi) is 7.63. The van der Waals surface area contributed by atoms with Crippen LogP contribution in [0, 0.1) is 11.8 Å². The molecule has 0 rings (SSSR count). The summed E-state index contributed by atoms with van der Waals surface area (Å²) in [6.45, 7) is 6.46. The van der Waals surface area contributed by atoms with Crippen LogP contribution in [0.4, 0.5) is 0 Å². The van der Waals surface area contributed by atoms with Crippen LogP contribution in [-0.2, 0) is 28.7 Å². The maximum Gasteiger partial charge on any atom is 0.316 e. The third kappa shape index (κ3) is 8.07. The van der Waals surface area contributed by atoms with E-state index in [2.05, 4.69) is 9.47 Å². The number of rotatable bonds is 6. The SMILES string of the molecule is CC(C)C(=O)OC(=O)CCCC(=O)OC(=O)C(C)C. The minimum Gasteiger partial charge on any atom is -0.393 e. The standard InChI is InChI=1S/C13H20O6/c1-8(2)12(16)18-10(14)6-5-7-11(15)19-13(17)9(3)4/h8-9H,5-7H2,1-4H3. The Morgan fingerprint density at radius 1 is 0.737 bits per heavy atom. The zero-order valence-corrected chi connectivity index (χ0v) is 11.7. The van der Waals surface area contributed by atoms with Gasteiger partial charge in [0, 0.05) is 12.8 Å². The van der Waals surface area contributed by atoms with Gasteiger partial charge in [-0.2, -0.15) is 0 Å². The van der Waals surface area contributed by atoms with Crippen molar-refractivity contribution in [1.82, 2.24) is 0 Å². The smallest absolute Gasteiger partial charge is 0.316 e. The van der Waals surface area contributed by atoms with Crippen molar-refractivity contribution < 1.29 is 28.7 Å². The van der Waals surface area contributed by atoms with Gasteiger partial charge in [0.05, 0.1) is 11.8 Å². The van der Waals surface area contributed by atoms with E-state index in [9.17, 15) is 19.2 Å². The Morgan fingerprint density at radius 3 is 1.32 bits per heavy atom. The molecular formula is C13H20O6. The Balaban J connectivity index is 3.85. The van der Waals surface area contributed by atoms with Gasteiger partial charge in [-0.05, 0) is 6.42 Å². The molecular weight excluding hydrogens is 252 g/mol. The van der Waals surface area contributed by atoms with Crippen LogP contribution in [0.15, 0.2) is 0 Å². The highest BCUT2D eigenvalue weighted by molar-refractivity contribution is 5.88. The fraction of sp³-hybridized carbons (Fsp3) is 0.692. The summed E-state index contributed by atoms with van der Waals surface area (Å²) in [5.74, 6) is -3.30. The normalized spacial score (nSPS) is 10.4. The van der Waals surface area contributed by atoms with Crippen molar-refractivity contribution in [1.29, 1.82) is 0 Å². The number of hydrogen-bond donors (Lipinski definition) is 0. The van der Waals surface area contributed by atoms with Crippen LogP contribution < -0.4 is 0 Å². The van der Waals surface area contributed by atoms with E-state index >= 15 is 0 Å². The molecule has 0 N–H and O–H groups in total. The molecule has 0 aliphatic carbocycles. The third-order valence-electron chi connectivity index (χ3n) is 2.13. The van der Waals surface area contributed by atoms with Gasteiger partial charge >= 0.3 is 23.9 Å². The average molecular weight is 272 g/mol. The molecule has 0 heterocycles. The van der Waals surface area contributed by atoms with E-state index in [1.165, 1.54) is 0 Å². The second kappa shape index (κ2) is 8.39. The summed E-state index contributed by atoms with van der Waals surface area (Å²) < 4.78 is 9.03. The van der Waals surface area contributed by atoms with E-state index in [0.29, 0.717) is 0 Å². The Labute approximate surface area is 112 Å². The second-order valence-electron chi connectivity index (χ2n) is 4.75. The van der Waals surface area contributed by atoms with Crippen LogP contribution in [0.1, 0.15) is 47.0 Å². The van der Waals surface area contributed by atoms with Gasteiger partial charge in [-0.1, -0.05) is 27.7 Å². The predicted octanol–water partition coefficient (Wildman–Crippen LogP) is 1.61. The fourth-order valence-electron chi connectivity index (χ4n) is 0.939. The molecule has 0 aliphatic heterocycles. The van der Waals surface area contributed by atoms with Crippen molar-refractivity contribution in [2.75, 3.05) is 0 Å². The first kappa shape index (κ1) is 17.3. The number of ether oxygens (including phenoxy) is 2. The van der Waals surface area contributed by atoms with Gasteiger partial charge < -0.3 is 9.47 Å². The number of carbonyl (C=O) groups is 4. The molecule has 0 bridgehead atoms. The summed E-state index contributed by atoms with van der Waals surface area (Å²) in [6, 6.07) is 0. The van der Waals surface area contributed by atoms with E-state index in [-0.39, 0.29) is 31.1 Å². The minimum absolute atomic E-state index is 0.0660. The fourth-order valence-corrected chi connectivity index (χ4v) is 0.939. The van der Waals surface area contributed by atoms with Crippen molar-refractivity contribution in [3.63, 3.8) is 0 Å². The van der Waals surface area contributed by atoms with E-state index < -0.39 is 23.9 Å². The molecule has 0 spiro atoms. The van der Waals surface area contributed by atoms with Gasteiger partial charge in [0.15, 0.2) is 0 Å². The van der Waals surface area contributed by atoms with Crippen LogP contribution in [-0.4, -0.2) is 23.9 Å². The summed E-state index contributed by atoms with van der Waals surface area (Å²) in [5, 5.41) is 0. The van der Waals surface area contributed by atoms with E-state index in [1.54, 1.807) is 27.7 Å². The molecule has 6 heteroatoms. The van der Waals surface area contributed by atoms with Crippen LogP contribution in [0.5, 0.6) is 0 Å². The molecule has 0 aromatic heterocycles. The number of hydrogen-bond acceptors (Lipinski definition) is 6. The predicted molar refractivity (Wildman–Crippen MR) is 65.7 cm³/mol. The van der Waals surface area contributed by atoms with Crippen LogP contribution in [0.25, 0.3) is 0 Å². The maximum absolute atomic E-state index is 11.2. The molecule has 0 aliphatic rings. The lowest BCUT2D eigenvalue weighted by Crippen LogP contribution is -2.19. The molecule has 0 amide bonds. The molecule has 0 aromatic rings. The first-order valence-corrected chi connectivity index (χ1v) is 6.23. The molecule has 0 saturated heterocycles. The first-order valence-electron chi connectivity index (χ1n) is 6.23. The van der Waals surface area contributed by atoms with Crippen molar-refractivity contribution >= 4 is 23.9 Å².